The van der Waals surface area contributed by atoms with E-state index >= 15 is 0 Å². The molecule has 17 heavy (non-hydrogen) atoms. The van der Waals surface area contributed by atoms with Crippen molar-refractivity contribution in [3.8, 4) is 0 Å². The molecule has 0 spiro atoms. The van der Waals surface area contributed by atoms with Crippen molar-refractivity contribution in [2.75, 3.05) is 24.6 Å². The molecule has 2 heterocycles. The minimum Gasteiger partial charge on any atom is -0.409 e. The van der Waals surface area contributed by atoms with Gasteiger partial charge in [-0.1, -0.05) is 5.16 Å². The molecular formula is C11H16N4O2. The van der Waals surface area contributed by atoms with Crippen molar-refractivity contribution >= 4 is 11.5 Å². The summed E-state index contributed by atoms with van der Waals surface area (Å²) in [6.45, 7) is 4.25. The van der Waals surface area contributed by atoms with Crippen LogP contribution in [-0.4, -0.2) is 41.8 Å². The van der Waals surface area contributed by atoms with Crippen LogP contribution in [0, 0.1) is 0 Å². The van der Waals surface area contributed by atoms with Gasteiger partial charge in [-0.2, -0.15) is 0 Å². The number of hydrogen-bond acceptors (Lipinski definition) is 5. The van der Waals surface area contributed by atoms with Crippen LogP contribution in [0.1, 0.15) is 12.6 Å². The average Bonchev–Trinajstić information content (AvgIpc) is 2.38. The van der Waals surface area contributed by atoms with Crippen molar-refractivity contribution in [2.45, 2.75) is 13.0 Å². The van der Waals surface area contributed by atoms with Gasteiger partial charge in [-0.3, -0.25) is 4.98 Å². The second kappa shape index (κ2) is 5.01. The predicted octanol–water partition coefficient (Wildman–Crippen LogP) is 0.401. The first-order valence-corrected chi connectivity index (χ1v) is 5.52. The summed E-state index contributed by atoms with van der Waals surface area (Å²) in [5.41, 5.74) is 6.99. The summed E-state index contributed by atoms with van der Waals surface area (Å²) >= 11 is 0. The molecule has 0 bridgehead atoms. The highest BCUT2D eigenvalue weighted by Crippen LogP contribution is 2.20. The Labute approximate surface area is 99.7 Å². The third-order valence-corrected chi connectivity index (χ3v) is 2.72. The lowest BCUT2D eigenvalue weighted by atomic mass is 10.2. The van der Waals surface area contributed by atoms with Gasteiger partial charge in [0.25, 0.3) is 0 Å². The SMILES string of the molecule is CC1CN(c2cccnc2/C(N)=N/O)CCO1. The Balaban J connectivity index is 2.31. The number of nitrogens with zero attached hydrogens (tertiary/aromatic N) is 3. The molecule has 6 nitrogen and oxygen atoms in total. The lowest BCUT2D eigenvalue weighted by Crippen LogP contribution is -2.42. The zero-order valence-electron chi connectivity index (χ0n) is 9.71. The number of nitrogens with two attached hydrogens (primary N) is 1. The number of morpholine rings is 1. The van der Waals surface area contributed by atoms with Gasteiger partial charge in [-0.05, 0) is 19.1 Å². The molecule has 1 aromatic rings. The van der Waals surface area contributed by atoms with Gasteiger partial charge in [0.05, 0.1) is 18.4 Å². The van der Waals surface area contributed by atoms with Crippen LogP contribution in [0.3, 0.4) is 0 Å². The van der Waals surface area contributed by atoms with E-state index < -0.39 is 0 Å². The summed E-state index contributed by atoms with van der Waals surface area (Å²) in [7, 11) is 0. The Bertz CT molecular complexity index is 422. The van der Waals surface area contributed by atoms with E-state index in [0.717, 1.165) is 18.8 Å². The zero-order chi connectivity index (χ0) is 12.3. The summed E-state index contributed by atoms with van der Waals surface area (Å²) < 4.78 is 5.48. The van der Waals surface area contributed by atoms with Crippen LogP contribution in [0.4, 0.5) is 5.69 Å². The first-order valence-electron chi connectivity index (χ1n) is 5.52. The topological polar surface area (TPSA) is 84.0 Å². The van der Waals surface area contributed by atoms with E-state index in [1.165, 1.54) is 0 Å². The number of hydrogen-bond donors (Lipinski definition) is 2. The maximum atomic E-state index is 8.74. The molecule has 1 atom stereocenters. The van der Waals surface area contributed by atoms with Crippen LogP contribution in [-0.2, 0) is 4.74 Å². The van der Waals surface area contributed by atoms with E-state index in [-0.39, 0.29) is 11.9 Å². The van der Waals surface area contributed by atoms with Gasteiger partial charge >= 0.3 is 0 Å². The number of pyridine rings is 1. The first kappa shape index (κ1) is 11.7. The standard InChI is InChI=1S/C11H16N4O2/c1-8-7-15(5-6-17-8)9-3-2-4-13-10(9)11(12)14-16/h2-4,8,16H,5-7H2,1H3,(H2,12,14). The number of aromatic nitrogens is 1. The number of amidine groups is 1. The summed E-state index contributed by atoms with van der Waals surface area (Å²) in [4.78, 5) is 6.28. The fourth-order valence-electron chi connectivity index (χ4n) is 1.93. The molecule has 1 aromatic heterocycles. The molecule has 0 amide bonds. The smallest absolute Gasteiger partial charge is 0.190 e. The van der Waals surface area contributed by atoms with Gasteiger partial charge < -0.3 is 20.6 Å². The van der Waals surface area contributed by atoms with Crippen LogP contribution in [0.25, 0.3) is 0 Å². The summed E-state index contributed by atoms with van der Waals surface area (Å²) in [6.07, 6.45) is 1.80. The van der Waals surface area contributed by atoms with Crippen LogP contribution in [0.15, 0.2) is 23.5 Å². The van der Waals surface area contributed by atoms with Crippen LogP contribution in [0.5, 0.6) is 0 Å². The van der Waals surface area contributed by atoms with E-state index in [1.54, 1.807) is 6.20 Å². The molecular weight excluding hydrogens is 220 g/mol. The summed E-state index contributed by atoms with van der Waals surface area (Å²) in [5.74, 6) is 0.0275. The molecule has 1 fully saturated rings. The Kier molecular flexibility index (Phi) is 3.43. The second-order valence-corrected chi connectivity index (χ2v) is 3.98. The van der Waals surface area contributed by atoms with Crippen molar-refractivity contribution in [3.05, 3.63) is 24.0 Å². The third kappa shape index (κ3) is 2.47. The molecule has 2 rings (SSSR count). The monoisotopic (exact) mass is 236 g/mol. The number of oxime groups is 1. The second-order valence-electron chi connectivity index (χ2n) is 3.98. The lowest BCUT2D eigenvalue weighted by molar-refractivity contribution is 0.0532. The fourth-order valence-corrected chi connectivity index (χ4v) is 1.93. The van der Waals surface area contributed by atoms with E-state index in [4.69, 9.17) is 15.7 Å². The molecule has 0 saturated carbocycles. The van der Waals surface area contributed by atoms with Gasteiger partial charge in [0.2, 0.25) is 0 Å². The van der Waals surface area contributed by atoms with Gasteiger partial charge in [-0.25, -0.2) is 0 Å². The average molecular weight is 236 g/mol. The molecule has 3 N–H and O–H groups in total. The molecule has 0 aliphatic carbocycles. The highest BCUT2D eigenvalue weighted by molar-refractivity contribution is 6.00. The highest BCUT2D eigenvalue weighted by atomic mass is 16.5. The summed E-state index contributed by atoms with van der Waals surface area (Å²) in [6, 6.07) is 3.75. The van der Waals surface area contributed by atoms with E-state index in [9.17, 15) is 0 Å². The molecule has 1 saturated heterocycles. The molecule has 1 unspecified atom stereocenters. The first-order chi connectivity index (χ1) is 8.22. The molecule has 1 aliphatic heterocycles. The Hall–Kier alpha value is -1.82. The normalized spacial score (nSPS) is 21.6. The largest absolute Gasteiger partial charge is 0.409 e. The molecule has 0 aromatic carbocycles. The highest BCUT2D eigenvalue weighted by Gasteiger charge is 2.20. The molecule has 6 heteroatoms. The maximum absolute atomic E-state index is 8.74. The Morgan fingerprint density at radius 2 is 2.53 bits per heavy atom. The zero-order valence-corrected chi connectivity index (χ0v) is 9.71. The Morgan fingerprint density at radius 1 is 1.71 bits per heavy atom. The van der Waals surface area contributed by atoms with E-state index in [0.29, 0.717) is 12.3 Å². The van der Waals surface area contributed by atoms with E-state index in [2.05, 4.69) is 15.0 Å². The van der Waals surface area contributed by atoms with Gasteiger partial charge in [0, 0.05) is 19.3 Å². The number of rotatable bonds is 2. The van der Waals surface area contributed by atoms with Crippen molar-refractivity contribution in [3.63, 3.8) is 0 Å². The maximum Gasteiger partial charge on any atom is 0.190 e. The van der Waals surface area contributed by atoms with E-state index in [1.807, 2.05) is 19.1 Å². The predicted molar refractivity (Wildman–Crippen MR) is 64.4 cm³/mol. The number of ether oxygens (including phenoxy) is 1. The van der Waals surface area contributed by atoms with Crippen LogP contribution in [0.2, 0.25) is 0 Å². The van der Waals surface area contributed by atoms with Gasteiger partial charge in [0.1, 0.15) is 5.69 Å². The van der Waals surface area contributed by atoms with Crippen LogP contribution < -0.4 is 10.6 Å². The number of anilines is 1. The van der Waals surface area contributed by atoms with Crippen molar-refractivity contribution in [1.82, 2.24) is 4.98 Å². The minimum atomic E-state index is 0.0275. The fraction of sp³-hybridized carbons (Fsp3) is 0.455. The van der Waals surface area contributed by atoms with Gasteiger partial charge in [-0.15, -0.1) is 0 Å². The quantitative estimate of drug-likeness (QED) is 0.336. The van der Waals surface area contributed by atoms with Crippen LogP contribution >= 0.6 is 0 Å². The van der Waals surface area contributed by atoms with Crippen molar-refractivity contribution in [1.29, 1.82) is 0 Å². The Morgan fingerprint density at radius 3 is 3.24 bits per heavy atom. The molecule has 92 valence electrons. The van der Waals surface area contributed by atoms with Crippen molar-refractivity contribution in [2.24, 2.45) is 10.9 Å². The molecule has 1 aliphatic rings. The lowest BCUT2D eigenvalue weighted by Gasteiger charge is -2.33. The minimum absolute atomic E-state index is 0.0275. The summed E-state index contributed by atoms with van der Waals surface area (Å²) in [5, 5.41) is 11.8. The van der Waals surface area contributed by atoms with Gasteiger partial charge in [0.15, 0.2) is 5.84 Å². The molecule has 0 radical (unpaired) electrons. The third-order valence-electron chi connectivity index (χ3n) is 2.72. The van der Waals surface area contributed by atoms with Crippen molar-refractivity contribution < 1.29 is 9.94 Å².